The molecule has 33 heavy (non-hydrogen) atoms. The highest BCUT2D eigenvalue weighted by Crippen LogP contribution is 2.36. The molecule has 2 heterocycles. The van der Waals surface area contributed by atoms with E-state index < -0.39 is 15.9 Å². The minimum atomic E-state index is -3.73. The van der Waals surface area contributed by atoms with Crippen molar-refractivity contribution in [3.63, 3.8) is 0 Å². The predicted molar refractivity (Wildman–Crippen MR) is 125 cm³/mol. The summed E-state index contributed by atoms with van der Waals surface area (Å²) in [5.74, 6) is 0.213. The molecular weight excluding hydrogens is 446 g/mol. The van der Waals surface area contributed by atoms with Gasteiger partial charge in [-0.2, -0.15) is 4.31 Å². The molecule has 0 aromatic heterocycles. The number of anilines is 1. The number of amides is 2. The second kappa shape index (κ2) is 10.8. The topological polar surface area (TPSA) is 105 Å². The predicted octanol–water partition coefficient (Wildman–Crippen LogP) is 2.01. The minimum Gasteiger partial charge on any atom is -0.482 e. The van der Waals surface area contributed by atoms with Crippen LogP contribution in [0.2, 0.25) is 0 Å². The van der Waals surface area contributed by atoms with Gasteiger partial charge in [0.05, 0.1) is 16.7 Å². The molecule has 1 aromatic rings. The second-order valence-electron chi connectivity index (χ2n) is 9.29. The number of carbonyl (C=O) groups excluding carboxylic acids is 2. The normalized spacial score (nSPS) is 21.6. The fourth-order valence-corrected chi connectivity index (χ4v) is 5.99. The Morgan fingerprint density at radius 3 is 2.61 bits per heavy atom. The first-order chi connectivity index (χ1) is 15.6. The maximum Gasteiger partial charge on any atom is 0.265 e. The quantitative estimate of drug-likeness (QED) is 0.541. The number of ether oxygens (including phenoxy) is 2. The van der Waals surface area contributed by atoms with Gasteiger partial charge in [-0.25, -0.2) is 8.42 Å². The lowest BCUT2D eigenvalue weighted by atomic mass is 9.94. The molecule has 0 saturated carbocycles. The zero-order chi connectivity index (χ0) is 24.2. The molecule has 2 atom stereocenters. The van der Waals surface area contributed by atoms with Crippen LogP contribution in [0, 0.1) is 11.8 Å². The summed E-state index contributed by atoms with van der Waals surface area (Å²) >= 11 is 0. The molecule has 10 heteroatoms. The lowest BCUT2D eigenvalue weighted by molar-refractivity contribution is -0.125. The number of sulfonamides is 1. The van der Waals surface area contributed by atoms with Crippen LogP contribution in [-0.2, 0) is 24.3 Å². The first-order valence-electron chi connectivity index (χ1n) is 11.5. The largest absolute Gasteiger partial charge is 0.482 e. The summed E-state index contributed by atoms with van der Waals surface area (Å²) in [4.78, 5) is 26.4. The first kappa shape index (κ1) is 25.5. The van der Waals surface area contributed by atoms with Crippen molar-refractivity contribution < 1.29 is 27.5 Å². The van der Waals surface area contributed by atoms with Crippen LogP contribution in [0.25, 0.3) is 0 Å². The fourth-order valence-electron chi connectivity index (χ4n) is 4.29. The number of hydrogen-bond donors (Lipinski definition) is 1. The average molecular weight is 482 g/mol. The number of hydrogen-bond acceptors (Lipinski definition) is 6. The number of fused-ring (bicyclic) bond motifs is 1. The molecule has 1 N–H and O–H groups in total. The molecule has 1 aromatic carbocycles. The van der Waals surface area contributed by atoms with E-state index in [2.05, 4.69) is 5.32 Å². The van der Waals surface area contributed by atoms with E-state index >= 15 is 0 Å². The van der Waals surface area contributed by atoms with E-state index in [1.54, 1.807) is 6.07 Å². The van der Waals surface area contributed by atoms with Gasteiger partial charge in [0.1, 0.15) is 12.3 Å². The van der Waals surface area contributed by atoms with Crippen LogP contribution in [0.3, 0.4) is 0 Å². The minimum absolute atomic E-state index is 0.0945. The van der Waals surface area contributed by atoms with Crippen LogP contribution < -0.4 is 15.0 Å². The fraction of sp³-hybridized carbons (Fsp3) is 0.652. The zero-order valence-corrected chi connectivity index (χ0v) is 20.7. The highest BCUT2D eigenvalue weighted by atomic mass is 32.2. The van der Waals surface area contributed by atoms with E-state index in [9.17, 15) is 18.0 Å². The van der Waals surface area contributed by atoms with Gasteiger partial charge < -0.3 is 14.8 Å². The lowest BCUT2D eigenvalue weighted by Gasteiger charge is -2.34. The third-order valence-electron chi connectivity index (χ3n) is 5.74. The van der Waals surface area contributed by atoms with Gasteiger partial charge in [-0.05, 0) is 56.7 Å². The lowest BCUT2D eigenvalue weighted by Crippen LogP contribution is -2.45. The van der Waals surface area contributed by atoms with Crippen LogP contribution in [0.4, 0.5) is 5.69 Å². The van der Waals surface area contributed by atoms with E-state index in [-0.39, 0.29) is 41.9 Å². The van der Waals surface area contributed by atoms with E-state index in [1.165, 1.54) is 21.3 Å². The van der Waals surface area contributed by atoms with E-state index in [1.807, 2.05) is 27.7 Å². The number of nitrogens with zero attached hydrogens (tertiary/aromatic N) is 2. The van der Waals surface area contributed by atoms with Crippen molar-refractivity contribution in [2.45, 2.75) is 51.5 Å². The van der Waals surface area contributed by atoms with Gasteiger partial charge in [0.2, 0.25) is 15.9 Å². The van der Waals surface area contributed by atoms with Gasteiger partial charge in [0.15, 0.2) is 6.61 Å². The molecule has 0 radical (unpaired) electrons. The second-order valence-corrected chi connectivity index (χ2v) is 11.2. The average Bonchev–Trinajstić information content (AvgIpc) is 2.74. The maximum atomic E-state index is 13.3. The highest BCUT2D eigenvalue weighted by molar-refractivity contribution is 7.89. The third-order valence-corrected chi connectivity index (χ3v) is 7.57. The first-order valence-corrected chi connectivity index (χ1v) is 13.0. The molecule has 0 aliphatic carbocycles. The highest BCUT2D eigenvalue weighted by Gasteiger charge is 2.34. The third kappa shape index (κ3) is 6.45. The molecular formula is C23H35N3O6S. The van der Waals surface area contributed by atoms with Gasteiger partial charge in [-0.3, -0.25) is 14.5 Å². The monoisotopic (exact) mass is 481 g/mol. The summed E-state index contributed by atoms with van der Waals surface area (Å²) in [5, 5.41) is 2.78. The molecule has 0 unspecified atom stereocenters. The van der Waals surface area contributed by atoms with Gasteiger partial charge >= 0.3 is 0 Å². The summed E-state index contributed by atoms with van der Waals surface area (Å²) in [5.41, 5.74) is 0.295. The van der Waals surface area contributed by atoms with Gasteiger partial charge in [-0.15, -0.1) is 0 Å². The summed E-state index contributed by atoms with van der Waals surface area (Å²) in [7, 11) is -3.73. The summed E-state index contributed by atoms with van der Waals surface area (Å²) in [6.07, 6.45) is 1.78. The smallest absolute Gasteiger partial charge is 0.265 e. The van der Waals surface area contributed by atoms with Crippen molar-refractivity contribution in [3.8, 4) is 5.75 Å². The summed E-state index contributed by atoms with van der Waals surface area (Å²) in [6, 6.07) is 4.50. The molecule has 0 bridgehead atoms. The molecule has 0 spiro atoms. The van der Waals surface area contributed by atoms with Gasteiger partial charge in [0, 0.05) is 26.2 Å². The Kier molecular flexibility index (Phi) is 8.36. The Hall–Kier alpha value is -2.17. The van der Waals surface area contributed by atoms with E-state index in [0.717, 1.165) is 6.42 Å². The number of benzene rings is 1. The van der Waals surface area contributed by atoms with Crippen molar-refractivity contribution in [1.82, 2.24) is 9.62 Å². The van der Waals surface area contributed by atoms with Crippen LogP contribution in [0.1, 0.15) is 40.5 Å². The Bertz CT molecular complexity index is 955. The van der Waals surface area contributed by atoms with Crippen molar-refractivity contribution in [3.05, 3.63) is 18.2 Å². The zero-order valence-electron chi connectivity index (χ0n) is 19.9. The standard InChI is InChI=1S/C23H35N3O6S/c1-16(2)31-9-5-8-24-22(27)14-26-20-11-19(6-7-21(20)32-15-23(26)28)33(29,30)25-12-17(3)10-18(4)13-25/h6-7,11,16-18H,5,8-10,12-15H2,1-4H3,(H,24,27)/t17-,18-/m1/s1. The Balaban J connectivity index is 1.73. The molecule has 2 aliphatic heterocycles. The molecule has 2 amide bonds. The number of piperidine rings is 1. The molecule has 1 fully saturated rings. The van der Waals surface area contributed by atoms with Gasteiger partial charge in [0.25, 0.3) is 5.91 Å². The van der Waals surface area contributed by atoms with Crippen molar-refractivity contribution >= 4 is 27.5 Å². The van der Waals surface area contributed by atoms with Crippen molar-refractivity contribution in [2.75, 3.05) is 44.3 Å². The molecule has 2 aliphatic rings. The van der Waals surface area contributed by atoms with Crippen LogP contribution >= 0.6 is 0 Å². The number of rotatable bonds is 9. The maximum absolute atomic E-state index is 13.3. The molecule has 184 valence electrons. The Morgan fingerprint density at radius 2 is 1.94 bits per heavy atom. The van der Waals surface area contributed by atoms with Crippen LogP contribution in [0.15, 0.2) is 23.1 Å². The molecule has 9 nitrogen and oxygen atoms in total. The van der Waals surface area contributed by atoms with Crippen LogP contribution in [-0.4, -0.2) is 70.0 Å². The Labute approximate surface area is 196 Å². The van der Waals surface area contributed by atoms with E-state index in [4.69, 9.17) is 9.47 Å². The SMILES string of the molecule is CC(C)OCCCNC(=O)CN1C(=O)COc2ccc(S(=O)(=O)N3C[C@H](C)C[C@@H](C)C3)cc21. The van der Waals surface area contributed by atoms with Crippen LogP contribution in [0.5, 0.6) is 5.75 Å². The summed E-state index contributed by atoms with van der Waals surface area (Å²) < 4.78 is 39.1. The molecule has 3 rings (SSSR count). The number of carbonyl (C=O) groups is 2. The van der Waals surface area contributed by atoms with E-state index in [0.29, 0.717) is 44.1 Å². The Morgan fingerprint density at radius 1 is 1.24 bits per heavy atom. The van der Waals surface area contributed by atoms with Gasteiger partial charge in [-0.1, -0.05) is 13.8 Å². The molecule has 1 saturated heterocycles. The van der Waals surface area contributed by atoms with Crippen molar-refractivity contribution in [2.24, 2.45) is 11.8 Å². The summed E-state index contributed by atoms with van der Waals surface area (Å²) in [6.45, 7) is 9.47. The van der Waals surface area contributed by atoms with Crippen molar-refractivity contribution in [1.29, 1.82) is 0 Å². The number of nitrogens with one attached hydrogen (secondary N) is 1.